The summed E-state index contributed by atoms with van der Waals surface area (Å²) in [5.74, 6) is -0.421. The molecule has 0 bridgehead atoms. The standard InChI is InChI=1S/C21H28F3N3O3/c1-30-20(29)8-7-19(28)27-9-3-6-18(15-27)26-12-10-25(11-13-26)17-5-2-4-16(14-17)21(22,23)24/h2,4-5,14,18H,3,6-13,15H2,1H3/t18-/m1/s1. The van der Waals surface area contributed by atoms with E-state index in [9.17, 15) is 22.8 Å². The van der Waals surface area contributed by atoms with Crippen LogP contribution in [-0.2, 0) is 20.5 Å². The SMILES string of the molecule is COC(=O)CCC(=O)N1CCC[C@@H](N2CCN(c3cccc(C(F)(F)F)c3)CC2)C1. The van der Waals surface area contributed by atoms with Crippen LogP contribution in [-0.4, -0.2) is 74.1 Å². The highest BCUT2D eigenvalue weighted by atomic mass is 19.4. The van der Waals surface area contributed by atoms with E-state index in [1.54, 1.807) is 6.07 Å². The number of carbonyl (C=O) groups is 2. The number of rotatable bonds is 5. The number of alkyl halides is 3. The highest BCUT2D eigenvalue weighted by molar-refractivity contribution is 5.81. The summed E-state index contributed by atoms with van der Waals surface area (Å²) in [7, 11) is 1.31. The number of benzene rings is 1. The number of piperidine rings is 1. The number of hydrogen-bond donors (Lipinski definition) is 0. The molecule has 2 aliphatic rings. The number of hydrogen-bond acceptors (Lipinski definition) is 5. The van der Waals surface area contributed by atoms with Gasteiger partial charge in [0.1, 0.15) is 0 Å². The van der Waals surface area contributed by atoms with Gasteiger partial charge in [0, 0.05) is 57.4 Å². The first kappa shape index (κ1) is 22.4. The van der Waals surface area contributed by atoms with Crippen LogP contribution in [0.3, 0.4) is 0 Å². The largest absolute Gasteiger partial charge is 0.469 e. The normalized spacial score (nSPS) is 20.9. The van der Waals surface area contributed by atoms with E-state index in [4.69, 9.17) is 0 Å². The Labute approximate surface area is 174 Å². The zero-order chi connectivity index (χ0) is 21.7. The third-order valence-corrected chi connectivity index (χ3v) is 5.89. The molecule has 1 aromatic carbocycles. The van der Waals surface area contributed by atoms with Crippen molar-refractivity contribution in [3.63, 3.8) is 0 Å². The Morgan fingerprint density at radius 1 is 1.10 bits per heavy atom. The third-order valence-electron chi connectivity index (χ3n) is 5.89. The predicted octanol–water partition coefficient (Wildman–Crippen LogP) is 2.77. The van der Waals surface area contributed by atoms with Gasteiger partial charge in [-0.3, -0.25) is 14.5 Å². The van der Waals surface area contributed by atoms with Crippen molar-refractivity contribution in [2.45, 2.75) is 37.9 Å². The number of methoxy groups -OCH3 is 1. The van der Waals surface area contributed by atoms with Gasteiger partial charge >= 0.3 is 12.1 Å². The quantitative estimate of drug-likeness (QED) is 0.677. The maximum atomic E-state index is 13.0. The first-order valence-electron chi connectivity index (χ1n) is 10.3. The molecule has 2 saturated heterocycles. The second-order valence-corrected chi connectivity index (χ2v) is 7.78. The lowest BCUT2D eigenvalue weighted by molar-refractivity contribution is -0.144. The number of anilines is 1. The maximum absolute atomic E-state index is 13.0. The molecule has 0 saturated carbocycles. The lowest BCUT2D eigenvalue weighted by atomic mass is 10.0. The number of piperazine rings is 1. The monoisotopic (exact) mass is 427 g/mol. The Morgan fingerprint density at radius 3 is 2.50 bits per heavy atom. The van der Waals surface area contributed by atoms with Gasteiger partial charge in [0.2, 0.25) is 5.91 Å². The van der Waals surface area contributed by atoms with Crippen molar-refractivity contribution >= 4 is 17.6 Å². The van der Waals surface area contributed by atoms with Crippen LogP contribution in [0.1, 0.15) is 31.2 Å². The fraction of sp³-hybridized carbons (Fsp3) is 0.619. The van der Waals surface area contributed by atoms with Gasteiger partial charge in [-0.15, -0.1) is 0 Å². The van der Waals surface area contributed by atoms with E-state index >= 15 is 0 Å². The highest BCUT2D eigenvalue weighted by Crippen LogP contribution is 2.32. The molecule has 30 heavy (non-hydrogen) atoms. The Morgan fingerprint density at radius 2 is 1.83 bits per heavy atom. The van der Waals surface area contributed by atoms with Gasteiger partial charge < -0.3 is 14.5 Å². The first-order valence-corrected chi connectivity index (χ1v) is 10.3. The van der Waals surface area contributed by atoms with E-state index in [0.717, 1.165) is 32.0 Å². The predicted molar refractivity (Wildman–Crippen MR) is 106 cm³/mol. The summed E-state index contributed by atoms with van der Waals surface area (Å²) >= 11 is 0. The smallest absolute Gasteiger partial charge is 0.416 e. The van der Waals surface area contributed by atoms with Gasteiger partial charge in [-0.1, -0.05) is 6.07 Å². The molecule has 0 aromatic heterocycles. The van der Waals surface area contributed by atoms with Crippen molar-refractivity contribution in [3.05, 3.63) is 29.8 Å². The van der Waals surface area contributed by atoms with Crippen molar-refractivity contribution in [1.29, 1.82) is 0 Å². The summed E-state index contributed by atoms with van der Waals surface area (Å²) in [6.07, 6.45) is -2.20. The maximum Gasteiger partial charge on any atom is 0.416 e. The van der Waals surface area contributed by atoms with Crippen LogP contribution in [0.2, 0.25) is 0 Å². The molecule has 2 fully saturated rings. The molecule has 9 heteroatoms. The molecule has 0 radical (unpaired) electrons. The minimum atomic E-state index is -4.34. The molecule has 0 N–H and O–H groups in total. The topological polar surface area (TPSA) is 53.1 Å². The summed E-state index contributed by atoms with van der Waals surface area (Å²) in [5, 5.41) is 0. The lowest BCUT2D eigenvalue weighted by Gasteiger charge is -2.44. The van der Waals surface area contributed by atoms with Crippen LogP contribution in [0, 0.1) is 0 Å². The summed E-state index contributed by atoms with van der Waals surface area (Å²) in [6.45, 7) is 4.10. The number of nitrogens with zero attached hydrogens (tertiary/aromatic N) is 3. The highest BCUT2D eigenvalue weighted by Gasteiger charge is 2.32. The molecular weight excluding hydrogens is 399 g/mol. The van der Waals surface area contributed by atoms with E-state index in [-0.39, 0.29) is 30.8 Å². The van der Waals surface area contributed by atoms with Gasteiger partial charge in [0.05, 0.1) is 19.1 Å². The summed E-state index contributed by atoms with van der Waals surface area (Å²) in [4.78, 5) is 29.8. The number of carbonyl (C=O) groups excluding carboxylic acids is 2. The zero-order valence-corrected chi connectivity index (χ0v) is 17.2. The zero-order valence-electron chi connectivity index (χ0n) is 17.2. The average molecular weight is 427 g/mol. The first-order chi connectivity index (χ1) is 14.3. The molecule has 0 unspecified atom stereocenters. The fourth-order valence-corrected chi connectivity index (χ4v) is 4.17. The number of amides is 1. The molecule has 1 aromatic rings. The summed E-state index contributed by atoms with van der Waals surface area (Å²) < 4.78 is 43.5. The van der Waals surface area contributed by atoms with Gasteiger partial charge in [-0.2, -0.15) is 13.2 Å². The molecule has 1 amide bonds. The summed E-state index contributed by atoms with van der Waals surface area (Å²) in [5.41, 5.74) is -0.0384. The molecule has 1 atom stereocenters. The van der Waals surface area contributed by atoms with Gasteiger partial charge in [0.15, 0.2) is 0 Å². The van der Waals surface area contributed by atoms with E-state index in [1.165, 1.54) is 19.2 Å². The Bertz CT molecular complexity index is 749. The van der Waals surface area contributed by atoms with Crippen LogP contribution in [0.15, 0.2) is 24.3 Å². The summed E-state index contributed by atoms with van der Waals surface area (Å²) in [6, 6.07) is 5.70. The van der Waals surface area contributed by atoms with Crippen molar-refractivity contribution < 1.29 is 27.5 Å². The second-order valence-electron chi connectivity index (χ2n) is 7.78. The molecule has 6 nitrogen and oxygen atoms in total. The van der Waals surface area contributed by atoms with E-state index in [1.807, 2.05) is 9.80 Å². The Kier molecular flexibility index (Phi) is 7.23. The molecule has 0 spiro atoms. The van der Waals surface area contributed by atoms with Gasteiger partial charge in [-0.25, -0.2) is 0 Å². The number of halogens is 3. The molecule has 166 valence electrons. The van der Waals surface area contributed by atoms with Crippen LogP contribution in [0.25, 0.3) is 0 Å². The van der Waals surface area contributed by atoms with Gasteiger partial charge in [-0.05, 0) is 31.0 Å². The van der Waals surface area contributed by atoms with Crippen LogP contribution >= 0.6 is 0 Å². The third kappa shape index (κ3) is 5.65. The molecule has 3 rings (SSSR count). The Hall–Kier alpha value is -2.29. The fourth-order valence-electron chi connectivity index (χ4n) is 4.17. The number of esters is 1. The van der Waals surface area contributed by atoms with E-state index in [0.29, 0.717) is 31.9 Å². The van der Waals surface area contributed by atoms with Crippen molar-refractivity contribution in [3.8, 4) is 0 Å². The average Bonchev–Trinajstić information content (AvgIpc) is 2.77. The molecule has 2 heterocycles. The van der Waals surface area contributed by atoms with Crippen LogP contribution in [0.4, 0.5) is 18.9 Å². The minimum Gasteiger partial charge on any atom is -0.469 e. The van der Waals surface area contributed by atoms with Crippen molar-refractivity contribution in [2.24, 2.45) is 0 Å². The van der Waals surface area contributed by atoms with Crippen molar-refractivity contribution in [1.82, 2.24) is 9.80 Å². The lowest BCUT2D eigenvalue weighted by Crippen LogP contribution is -2.55. The van der Waals surface area contributed by atoms with Crippen molar-refractivity contribution in [2.75, 3.05) is 51.3 Å². The van der Waals surface area contributed by atoms with E-state index < -0.39 is 11.7 Å². The van der Waals surface area contributed by atoms with Crippen LogP contribution in [0.5, 0.6) is 0 Å². The number of likely N-dealkylation sites (tertiary alicyclic amines) is 1. The minimum absolute atomic E-state index is 0.0345. The van der Waals surface area contributed by atoms with Crippen LogP contribution < -0.4 is 4.90 Å². The molecule has 0 aliphatic carbocycles. The van der Waals surface area contributed by atoms with E-state index in [2.05, 4.69) is 9.64 Å². The molecule has 2 aliphatic heterocycles. The number of ether oxygens (including phenoxy) is 1. The Balaban J connectivity index is 1.52. The second kappa shape index (κ2) is 9.68. The molecular formula is C21H28F3N3O3. The van der Waals surface area contributed by atoms with Gasteiger partial charge in [0.25, 0.3) is 0 Å².